The highest BCUT2D eigenvalue weighted by atomic mass is 32.2. The van der Waals surface area contributed by atoms with Gasteiger partial charge in [-0.05, 0) is 18.4 Å². The van der Waals surface area contributed by atoms with Crippen molar-refractivity contribution in [1.82, 2.24) is 9.97 Å². The van der Waals surface area contributed by atoms with Crippen LogP contribution in [0, 0.1) is 5.92 Å². The van der Waals surface area contributed by atoms with Gasteiger partial charge in [0.05, 0.1) is 25.4 Å². The molecule has 1 aliphatic heterocycles. The van der Waals surface area contributed by atoms with Crippen molar-refractivity contribution < 1.29 is 9.53 Å². The lowest BCUT2D eigenvalue weighted by Crippen LogP contribution is -2.37. The number of methoxy groups -OCH3 is 1. The molecular formula is C18H21N3O2S. The number of piperidine rings is 1. The van der Waals surface area contributed by atoms with Gasteiger partial charge in [-0.25, -0.2) is 4.98 Å². The second-order valence-electron chi connectivity index (χ2n) is 5.77. The molecule has 3 rings (SSSR count). The van der Waals surface area contributed by atoms with Crippen molar-refractivity contribution in [2.24, 2.45) is 5.92 Å². The van der Waals surface area contributed by atoms with Crippen LogP contribution in [0.5, 0.6) is 0 Å². The first kappa shape index (κ1) is 16.8. The fraction of sp³-hybridized carbons (Fsp3) is 0.389. The summed E-state index contributed by atoms with van der Waals surface area (Å²) in [5.41, 5.74) is 1.27. The molecule has 1 fully saturated rings. The fourth-order valence-electron chi connectivity index (χ4n) is 2.80. The summed E-state index contributed by atoms with van der Waals surface area (Å²) in [5.74, 6) is 1.67. The van der Waals surface area contributed by atoms with E-state index in [0.717, 1.165) is 42.5 Å². The average molecular weight is 343 g/mol. The van der Waals surface area contributed by atoms with Crippen LogP contribution in [0.3, 0.4) is 0 Å². The molecule has 0 aliphatic carbocycles. The fourth-order valence-corrected chi connectivity index (χ4v) is 3.60. The maximum atomic E-state index is 11.6. The number of ether oxygens (including phenoxy) is 1. The Hall–Kier alpha value is -2.08. The van der Waals surface area contributed by atoms with Gasteiger partial charge in [0.2, 0.25) is 0 Å². The van der Waals surface area contributed by atoms with Gasteiger partial charge in [-0.3, -0.25) is 9.78 Å². The van der Waals surface area contributed by atoms with Crippen molar-refractivity contribution in [2.75, 3.05) is 25.1 Å². The Bertz CT molecular complexity index is 673. The van der Waals surface area contributed by atoms with E-state index >= 15 is 0 Å². The first-order chi connectivity index (χ1) is 11.8. The molecule has 0 N–H and O–H groups in total. The summed E-state index contributed by atoms with van der Waals surface area (Å²) >= 11 is 1.69. The molecule has 0 bridgehead atoms. The van der Waals surface area contributed by atoms with Gasteiger partial charge in [-0.2, -0.15) is 0 Å². The summed E-state index contributed by atoms with van der Waals surface area (Å²) < 4.78 is 4.83. The van der Waals surface area contributed by atoms with Gasteiger partial charge in [0.1, 0.15) is 10.8 Å². The van der Waals surface area contributed by atoms with E-state index in [2.05, 4.69) is 22.0 Å². The van der Waals surface area contributed by atoms with Crippen LogP contribution in [0.1, 0.15) is 18.4 Å². The molecule has 0 atom stereocenters. The average Bonchev–Trinajstić information content (AvgIpc) is 2.67. The maximum absolute atomic E-state index is 11.6. The van der Waals surface area contributed by atoms with Crippen LogP contribution in [0.15, 0.2) is 47.8 Å². The number of carbonyl (C=O) groups excluding carboxylic acids is 1. The van der Waals surface area contributed by atoms with Gasteiger partial charge < -0.3 is 9.64 Å². The number of nitrogens with zero attached hydrogens (tertiary/aromatic N) is 3. The summed E-state index contributed by atoms with van der Waals surface area (Å²) in [5, 5.41) is 0.923. The predicted molar refractivity (Wildman–Crippen MR) is 95.0 cm³/mol. The number of aromatic nitrogens is 2. The Morgan fingerprint density at radius 3 is 2.71 bits per heavy atom. The molecule has 6 heteroatoms. The minimum Gasteiger partial charge on any atom is -0.469 e. The van der Waals surface area contributed by atoms with Crippen molar-refractivity contribution in [3.63, 3.8) is 0 Å². The molecular weight excluding hydrogens is 322 g/mol. The van der Waals surface area contributed by atoms with Gasteiger partial charge in [0.15, 0.2) is 0 Å². The number of thioether (sulfide) groups is 1. The number of anilines is 1. The Morgan fingerprint density at radius 2 is 2.00 bits per heavy atom. The van der Waals surface area contributed by atoms with E-state index in [4.69, 9.17) is 9.72 Å². The summed E-state index contributed by atoms with van der Waals surface area (Å²) in [4.78, 5) is 22.8. The van der Waals surface area contributed by atoms with E-state index in [0.29, 0.717) is 0 Å². The highest BCUT2D eigenvalue weighted by Crippen LogP contribution is 2.25. The van der Waals surface area contributed by atoms with Crippen molar-refractivity contribution in [3.05, 3.63) is 48.3 Å². The van der Waals surface area contributed by atoms with E-state index in [-0.39, 0.29) is 11.9 Å². The van der Waals surface area contributed by atoms with Crippen LogP contribution in [0.2, 0.25) is 0 Å². The number of esters is 1. The van der Waals surface area contributed by atoms with Crippen LogP contribution in [-0.2, 0) is 15.3 Å². The Kier molecular flexibility index (Phi) is 5.69. The van der Waals surface area contributed by atoms with E-state index in [9.17, 15) is 4.79 Å². The first-order valence-corrected chi connectivity index (χ1v) is 9.06. The summed E-state index contributed by atoms with van der Waals surface area (Å²) in [6.07, 6.45) is 5.20. The molecule has 0 spiro atoms. The molecule has 2 aromatic rings. The highest BCUT2D eigenvalue weighted by molar-refractivity contribution is 7.98. The molecule has 126 valence electrons. The molecule has 1 aromatic heterocycles. The van der Waals surface area contributed by atoms with Crippen LogP contribution in [0.4, 0.5) is 5.82 Å². The largest absolute Gasteiger partial charge is 0.469 e. The summed E-state index contributed by atoms with van der Waals surface area (Å²) in [7, 11) is 1.45. The topological polar surface area (TPSA) is 55.3 Å². The van der Waals surface area contributed by atoms with Crippen LogP contribution < -0.4 is 4.90 Å². The number of rotatable bonds is 5. The lowest BCUT2D eigenvalue weighted by Gasteiger charge is -2.31. The Morgan fingerprint density at radius 1 is 1.25 bits per heavy atom. The molecule has 1 aliphatic rings. The first-order valence-electron chi connectivity index (χ1n) is 8.08. The van der Waals surface area contributed by atoms with E-state index in [1.54, 1.807) is 24.2 Å². The van der Waals surface area contributed by atoms with Crippen molar-refractivity contribution in [2.45, 2.75) is 23.6 Å². The van der Waals surface area contributed by atoms with Crippen LogP contribution in [-0.4, -0.2) is 36.1 Å². The number of hydrogen-bond donors (Lipinski definition) is 0. The van der Waals surface area contributed by atoms with Gasteiger partial charge in [-0.15, -0.1) is 11.8 Å². The van der Waals surface area contributed by atoms with Crippen molar-refractivity contribution in [3.8, 4) is 0 Å². The van der Waals surface area contributed by atoms with E-state index in [1.165, 1.54) is 12.7 Å². The highest BCUT2D eigenvalue weighted by Gasteiger charge is 2.26. The third-order valence-electron chi connectivity index (χ3n) is 4.18. The zero-order chi connectivity index (χ0) is 16.8. The monoisotopic (exact) mass is 343 g/mol. The molecule has 1 aromatic carbocycles. The molecule has 0 amide bonds. The Balaban J connectivity index is 1.58. The maximum Gasteiger partial charge on any atom is 0.308 e. The molecule has 2 heterocycles. The lowest BCUT2D eigenvalue weighted by molar-refractivity contribution is -0.146. The van der Waals surface area contributed by atoms with Crippen molar-refractivity contribution >= 4 is 23.5 Å². The smallest absolute Gasteiger partial charge is 0.308 e. The second-order valence-corrected chi connectivity index (χ2v) is 6.77. The van der Waals surface area contributed by atoms with E-state index in [1.807, 2.05) is 18.2 Å². The van der Waals surface area contributed by atoms with Gasteiger partial charge in [0, 0.05) is 18.8 Å². The van der Waals surface area contributed by atoms with Gasteiger partial charge in [0.25, 0.3) is 0 Å². The van der Waals surface area contributed by atoms with Crippen LogP contribution >= 0.6 is 11.8 Å². The predicted octanol–water partition coefficient (Wildman–Crippen LogP) is 3.16. The zero-order valence-electron chi connectivity index (χ0n) is 13.7. The summed E-state index contributed by atoms with van der Waals surface area (Å²) in [6.45, 7) is 1.61. The SMILES string of the molecule is COC(=O)C1CCN(c2cncc(SCc3ccccc3)n2)CC1. The minimum atomic E-state index is -0.104. The Labute approximate surface area is 146 Å². The third kappa shape index (κ3) is 4.26. The molecule has 0 saturated carbocycles. The lowest BCUT2D eigenvalue weighted by atomic mass is 9.97. The quantitative estimate of drug-likeness (QED) is 0.614. The number of carbonyl (C=O) groups is 1. The van der Waals surface area contributed by atoms with Crippen molar-refractivity contribution in [1.29, 1.82) is 0 Å². The number of benzene rings is 1. The van der Waals surface area contributed by atoms with Gasteiger partial charge >= 0.3 is 5.97 Å². The molecule has 1 saturated heterocycles. The standard InChI is InChI=1S/C18H21N3O2S/c1-23-18(22)15-7-9-21(10-8-15)16-11-19-12-17(20-16)24-13-14-5-3-2-4-6-14/h2-6,11-12,15H,7-10,13H2,1H3. The molecule has 24 heavy (non-hydrogen) atoms. The minimum absolute atomic E-state index is 0.00912. The van der Waals surface area contributed by atoms with Gasteiger partial charge in [-0.1, -0.05) is 30.3 Å². The zero-order valence-corrected chi connectivity index (χ0v) is 14.5. The van der Waals surface area contributed by atoms with Crippen LogP contribution in [0.25, 0.3) is 0 Å². The third-order valence-corrected chi connectivity index (χ3v) is 5.15. The molecule has 5 nitrogen and oxygen atoms in total. The molecule has 0 unspecified atom stereocenters. The molecule has 0 radical (unpaired) electrons. The second kappa shape index (κ2) is 8.15. The number of hydrogen-bond acceptors (Lipinski definition) is 6. The normalized spacial score (nSPS) is 15.3. The van der Waals surface area contributed by atoms with E-state index < -0.39 is 0 Å². The summed E-state index contributed by atoms with van der Waals surface area (Å²) in [6, 6.07) is 10.3.